The highest BCUT2D eigenvalue weighted by molar-refractivity contribution is 7.09. The van der Waals surface area contributed by atoms with E-state index in [9.17, 15) is 4.79 Å². The molecule has 5 rings (SSSR count). The maximum atomic E-state index is 12.4. The van der Waals surface area contributed by atoms with Crippen LogP contribution in [0.5, 0.6) is 11.5 Å². The summed E-state index contributed by atoms with van der Waals surface area (Å²) in [6, 6.07) is 11.7. The average Bonchev–Trinajstić information content (AvgIpc) is 3.46. The lowest BCUT2D eigenvalue weighted by Crippen LogP contribution is -2.26. The molecule has 0 unspecified atom stereocenters. The van der Waals surface area contributed by atoms with Crippen molar-refractivity contribution < 1.29 is 19.0 Å². The number of hydrogen-bond donors (Lipinski definition) is 1. The molecule has 1 amide bonds. The van der Waals surface area contributed by atoms with E-state index in [4.69, 9.17) is 14.2 Å². The minimum Gasteiger partial charge on any atom is -0.454 e. The van der Waals surface area contributed by atoms with E-state index < -0.39 is 0 Å². The molecule has 0 saturated heterocycles. The molecule has 0 spiro atoms. The lowest BCUT2D eigenvalue weighted by molar-refractivity contribution is -0.00128. The Morgan fingerprint density at radius 2 is 2.18 bits per heavy atom. The largest absolute Gasteiger partial charge is 0.454 e. The fraction of sp³-hybridized carbons (Fsp3) is 0.300. The zero-order chi connectivity index (χ0) is 18.9. The van der Waals surface area contributed by atoms with Crippen molar-refractivity contribution in [3.8, 4) is 11.5 Å². The molecule has 28 heavy (non-hydrogen) atoms. The van der Waals surface area contributed by atoms with Gasteiger partial charge in [-0.1, -0.05) is 12.1 Å². The van der Waals surface area contributed by atoms with Gasteiger partial charge in [-0.25, -0.2) is 0 Å². The van der Waals surface area contributed by atoms with Crippen molar-refractivity contribution in [1.82, 2.24) is 15.1 Å². The molecule has 1 atom stereocenters. The quantitative estimate of drug-likeness (QED) is 0.717. The number of carbonyl (C=O) groups is 1. The van der Waals surface area contributed by atoms with Gasteiger partial charge in [0.15, 0.2) is 17.2 Å². The van der Waals surface area contributed by atoms with E-state index in [2.05, 4.69) is 16.5 Å². The van der Waals surface area contributed by atoms with E-state index in [0.29, 0.717) is 25.4 Å². The highest BCUT2D eigenvalue weighted by Gasteiger charge is 2.25. The second-order valence-corrected chi connectivity index (χ2v) is 7.73. The lowest BCUT2D eigenvalue weighted by Gasteiger charge is -2.24. The van der Waals surface area contributed by atoms with Crippen molar-refractivity contribution in [2.75, 3.05) is 13.3 Å². The van der Waals surface area contributed by atoms with Gasteiger partial charge in [-0.15, -0.1) is 11.3 Å². The predicted molar refractivity (Wildman–Crippen MR) is 103 cm³/mol. The van der Waals surface area contributed by atoms with Crippen LogP contribution in [0.1, 0.15) is 32.7 Å². The topological polar surface area (TPSA) is 74.6 Å². The maximum Gasteiger partial charge on any atom is 0.271 e. The molecule has 4 heterocycles. The first-order chi connectivity index (χ1) is 13.8. The number of nitrogens with one attached hydrogen (secondary N) is 1. The highest BCUT2D eigenvalue weighted by Crippen LogP contribution is 2.36. The lowest BCUT2D eigenvalue weighted by atomic mass is 10.1. The first kappa shape index (κ1) is 17.3. The summed E-state index contributed by atoms with van der Waals surface area (Å²) in [5, 5.41) is 9.46. The molecule has 7 nitrogen and oxygen atoms in total. The van der Waals surface area contributed by atoms with Gasteiger partial charge in [0, 0.05) is 11.4 Å². The van der Waals surface area contributed by atoms with Gasteiger partial charge < -0.3 is 19.5 Å². The van der Waals surface area contributed by atoms with Gasteiger partial charge in [0.2, 0.25) is 6.79 Å². The molecule has 2 aliphatic rings. The molecule has 8 heteroatoms. The second kappa shape index (κ2) is 7.29. The molecule has 1 N–H and O–H groups in total. The summed E-state index contributed by atoms with van der Waals surface area (Å²) < 4.78 is 18.6. The van der Waals surface area contributed by atoms with Gasteiger partial charge in [-0.2, -0.15) is 5.10 Å². The molecule has 2 aromatic heterocycles. The maximum absolute atomic E-state index is 12.4. The van der Waals surface area contributed by atoms with Crippen LogP contribution in [0.4, 0.5) is 0 Å². The average molecular weight is 397 g/mol. The standard InChI is InChI=1S/C20H19N3O4S/c24-20(21-6-5-15-2-1-7-28-15)16-9-14-11-25-19(10-23(14)22-16)13-3-4-17-18(8-13)27-12-26-17/h1-4,7-9,19H,5-6,10-12H2,(H,21,24)/t19-/m0/s1. The molecule has 0 fully saturated rings. The Kier molecular flexibility index (Phi) is 4.50. The van der Waals surface area contributed by atoms with Crippen LogP contribution in [-0.4, -0.2) is 29.0 Å². The minimum absolute atomic E-state index is 0.142. The smallest absolute Gasteiger partial charge is 0.271 e. The summed E-state index contributed by atoms with van der Waals surface area (Å²) in [5.74, 6) is 1.33. The van der Waals surface area contributed by atoms with Crippen LogP contribution >= 0.6 is 11.3 Å². The van der Waals surface area contributed by atoms with Gasteiger partial charge in [-0.05, 0) is 41.6 Å². The van der Waals surface area contributed by atoms with E-state index in [0.717, 1.165) is 29.2 Å². The summed E-state index contributed by atoms with van der Waals surface area (Å²) in [7, 11) is 0. The number of nitrogens with zero attached hydrogens (tertiary/aromatic N) is 2. The number of thiophene rings is 1. The van der Waals surface area contributed by atoms with E-state index in [1.54, 1.807) is 17.4 Å². The Hall–Kier alpha value is -2.84. The SMILES string of the molecule is O=C(NCCc1cccs1)c1cc2n(n1)C[C@@H](c1ccc3c(c1)OCO3)OC2. The number of rotatable bonds is 5. The number of aromatic nitrogens is 2. The predicted octanol–water partition coefficient (Wildman–Crippen LogP) is 2.92. The van der Waals surface area contributed by atoms with Crippen LogP contribution in [0.2, 0.25) is 0 Å². The second-order valence-electron chi connectivity index (χ2n) is 6.70. The molecule has 0 aliphatic carbocycles. The Balaban J connectivity index is 1.24. The fourth-order valence-corrected chi connectivity index (χ4v) is 4.11. The fourth-order valence-electron chi connectivity index (χ4n) is 3.40. The molecule has 0 bridgehead atoms. The number of benzene rings is 1. The molecule has 0 saturated carbocycles. The zero-order valence-corrected chi connectivity index (χ0v) is 15.9. The Bertz CT molecular complexity index is 999. The third-order valence-corrected chi connectivity index (χ3v) is 5.81. The van der Waals surface area contributed by atoms with Crippen LogP contribution in [0.15, 0.2) is 41.8 Å². The van der Waals surface area contributed by atoms with Crippen molar-refractivity contribution in [3.05, 3.63) is 63.6 Å². The van der Waals surface area contributed by atoms with Crippen LogP contribution in [0, 0.1) is 0 Å². The number of carbonyl (C=O) groups excluding carboxylic acids is 1. The van der Waals surface area contributed by atoms with E-state index >= 15 is 0 Å². The Morgan fingerprint density at radius 3 is 3.07 bits per heavy atom. The van der Waals surface area contributed by atoms with E-state index in [1.165, 1.54) is 4.88 Å². The van der Waals surface area contributed by atoms with Crippen molar-refractivity contribution in [3.63, 3.8) is 0 Å². The van der Waals surface area contributed by atoms with Crippen LogP contribution in [0.25, 0.3) is 0 Å². The summed E-state index contributed by atoms with van der Waals surface area (Å²) in [4.78, 5) is 13.7. The monoisotopic (exact) mass is 397 g/mol. The molecular weight excluding hydrogens is 378 g/mol. The van der Waals surface area contributed by atoms with Crippen molar-refractivity contribution >= 4 is 17.2 Å². The number of ether oxygens (including phenoxy) is 3. The van der Waals surface area contributed by atoms with Crippen LogP contribution < -0.4 is 14.8 Å². The van der Waals surface area contributed by atoms with Gasteiger partial charge in [0.05, 0.1) is 18.8 Å². The van der Waals surface area contributed by atoms with E-state index in [-0.39, 0.29) is 18.8 Å². The molecule has 0 radical (unpaired) electrons. The summed E-state index contributed by atoms with van der Waals surface area (Å²) >= 11 is 1.69. The van der Waals surface area contributed by atoms with Crippen molar-refractivity contribution in [2.24, 2.45) is 0 Å². The molecular formula is C20H19N3O4S. The van der Waals surface area contributed by atoms with Crippen molar-refractivity contribution in [1.29, 1.82) is 0 Å². The first-order valence-corrected chi connectivity index (χ1v) is 10.0. The van der Waals surface area contributed by atoms with Gasteiger partial charge >= 0.3 is 0 Å². The highest BCUT2D eigenvalue weighted by atomic mass is 32.1. The van der Waals surface area contributed by atoms with Gasteiger partial charge in [0.1, 0.15) is 6.10 Å². The van der Waals surface area contributed by atoms with Gasteiger partial charge in [0.25, 0.3) is 5.91 Å². The Morgan fingerprint density at radius 1 is 1.25 bits per heavy atom. The number of fused-ring (bicyclic) bond motifs is 2. The van der Waals surface area contributed by atoms with Crippen molar-refractivity contribution in [2.45, 2.75) is 25.7 Å². The summed E-state index contributed by atoms with van der Waals surface area (Å²) in [6.45, 7) is 1.81. The summed E-state index contributed by atoms with van der Waals surface area (Å²) in [6.07, 6.45) is 0.684. The first-order valence-electron chi connectivity index (χ1n) is 9.15. The molecule has 3 aromatic rings. The minimum atomic E-state index is -0.155. The Labute approximate surface area is 165 Å². The third kappa shape index (κ3) is 3.36. The molecule has 144 valence electrons. The molecule has 2 aliphatic heterocycles. The van der Waals surface area contributed by atoms with Crippen LogP contribution in [0.3, 0.4) is 0 Å². The number of hydrogen-bond acceptors (Lipinski definition) is 6. The number of amides is 1. The third-order valence-electron chi connectivity index (χ3n) is 4.87. The van der Waals surface area contributed by atoms with Crippen LogP contribution in [-0.2, 0) is 24.3 Å². The van der Waals surface area contributed by atoms with E-state index in [1.807, 2.05) is 34.3 Å². The normalized spacial score (nSPS) is 17.4. The zero-order valence-electron chi connectivity index (χ0n) is 15.1. The molecule has 1 aromatic carbocycles. The van der Waals surface area contributed by atoms with Gasteiger partial charge in [-0.3, -0.25) is 9.48 Å². The summed E-state index contributed by atoms with van der Waals surface area (Å²) in [5.41, 5.74) is 2.34.